The Hall–Kier alpha value is -0.970. The minimum absolute atomic E-state index is 0.159. The molecule has 3 rings (SSSR count). The minimum Gasteiger partial charge on any atom is -0.352 e. The van der Waals surface area contributed by atoms with Crippen molar-refractivity contribution in [2.24, 2.45) is 5.92 Å². The van der Waals surface area contributed by atoms with Crippen molar-refractivity contribution in [3.8, 4) is 0 Å². The molecule has 2 aromatic carbocycles. The van der Waals surface area contributed by atoms with Gasteiger partial charge in [0.15, 0.2) is 0 Å². The average molecular weight is 474 g/mol. The highest BCUT2D eigenvalue weighted by molar-refractivity contribution is 6.42. The number of piperidine rings is 1. The van der Waals surface area contributed by atoms with E-state index in [9.17, 15) is 4.79 Å². The van der Waals surface area contributed by atoms with Gasteiger partial charge in [-0.15, -0.1) is 0 Å². The maximum absolute atomic E-state index is 12.2. The van der Waals surface area contributed by atoms with Crippen LogP contribution in [-0.2, 0) is 0 Å². The quantitative estimate of drug-likeness (QED) is 0.427. The van der Waals surface area contributed by atoms with Crippen molar-refractivity contribution < 1.29 is 4.79 Å². The van der Waals surface area contributed by atoms with Crippen LogP contribution in [0.3, 0.4) is 0 Å². The zero-order valence-electron chi connectivity index (χ0n) is 16.0. The molecule has 1 amide bonds. The highest BCUT2D eigenvalue weighted by Crippen LogP contribution is 2.33. The van der Waals surface area contributed by atoms with E-state index in [2.05, 4.69) is 10.6 Å². The Morgan fingerprint density at radius 2 is 1.83 bits per heavy atom. The summed E-state index contributed by atoms with van der Waals surface area (Å²) in [5, 5.41) is 8.60. The summed E-state index contributed by atoms with van der Waals surface area (Å²) in [5.41, 5.74) is 1.65. The van der Waals surface area contributed by atoms with E-state index in [4.69, 9.17) is 46.4 Å². The highest BCUT2D eigenvalue weighted by atomic mass is 35.5. The number of rotatable bonds is 7. The molecule has 1 fully saturated rings. The number of hydrogen-bond acceptors (Lipinski definition) is 2. The summed E-state index contributed by atoms with van der Waals surface area (Å²) in [6.45, 7) is 1.64. The first-order valence-corrected chi connectivity index (χ1v) is 11.4. The monoisotopic (exact) mass is 472 g/mol. The Bertz CT molecular complexity index is 859. The normalized spacial score (nSPS) is 19.2. The van der Waals surface area contributed by atoms with Crippen LogP contribution in [0.2, 0.25) is 20.1 Å². The van der Waals surface area contributed by atoms with Gasteiger partial charge in [-0.25, -0.2) is 0 Å². The molecule has 0 aliphatic carbocycles. The molecule has 29 heavy (non-hydrogen) atoms. The van der Waals surface area contributed by atoms with Gasteiger partial charge >= 0.3 is 0 Å². The van der Waals surface area contributed by atoms with Gasteiger partial charge in [-0.2, -0.15) is 0 Å². The third kappa shape index (κ3) is 6.50. The zero-order chi connectivity index (χ0) is 20.8. The molecular formula is C22H24Cl4N2O. The molecule has 0 saturated carbocycles. The van der Waals surface area contributed by atoms with Gasteiger partial charge in [0, 0.05) is 17.6 Å². The van der Waals surface area contributed by atoms with Crippen LogP contribution in [0, 0.1) is 5.92 Å². The second kappa shape index (κ2) is 10.9. The fourth-order valence-electron chi connectivity index (χ4n) is 3.77. The van der Waals surface area contributed by atoms with E-state index in [1.165, 1.54) is 12.0 Å². The summed E-state index contributed by atoms with van der Waals surface area (Å²) in [6, 6.07) is 11.1. The number of unbranched alkanes of at least 4 members (excludes halogenated alkanes) is 1. The number of benzene rings is 2. The van der Waals surface area contributed by atoms with Gasteiger partial charge in [0.2, 0.25) is 0 Å². The minimum atomic E-state index is -0.159. The summed E-state index contributed by atoms with van der Waals surface area (Å²) in [6.07, 6.45) is 5.43. The SMILES string of the molecule is O=C(NCCCCC1CCNC(c2ccc(Cl)c(Cl)c2)C1)c1ccc(Cl)cc1Cl. The van der Waals surface area contributed by atoms with Gasteiger partial charge < -0.3 is 10.6 Å². The molecule has 1 aliphatic rings. The van der Waals surface area contributed by atoms with Crippen LogP contribution < -0.4 is 10.6 Å². The van der Waals surface area contributed by atoms with Gasteiger partial charge in [-0.1, -0.05) is 65.3 Å². The Morgan fingerprint density at radius 1 is 1.00 bits per heavy atom. The molecule has 1 saturated heterocycles. The van der Waals surface area contributed by atoms with Crippen molar-refractivity contribution in [1.82, 2.24) is 10.6 Å². The summed E-state index contributed by atoms with van der Waals surface area (Å²) in [4.78, 5) is 12.2. The molecule has 2 aromatic rings. The number of carbonyl (C=O) groups is 1. The Morgan fingerprint density at radius 3 is 2.59 bits per heavy atom. The van der Waals surface area contributed by atoms with Crippen LogP contribution >= 0.6 is 46.4 Å². The number of hydrogen-bond donors (Lipinski definition) is 2. The lowest BCUT2D eigenvalue weighted by molar-refractivity contribution is 0.0953. The topological polar surface area (TPSA) is 41.1 Å². The van der Waals surface area contributed by atoms with E-state index < -0.39 is 0 Å². The lowest BCUT2D eigenvalue weighted by atomic mass is 9.85. The van der Waals surface area contributed by atoms with Gasteiger partial charge in [0.1, 0.15) is 0 Å². The highest BCUT2D eigenvalue weighted by Gasteiger charge is 2.23. The smallest absolute Gasteiger partial charge is 0.252 e. The van der Waals surface area contributed by atoms with Crippen molar-refractivity contribution in [2.75, 3.05) is 13.1 Å². The molecule has 2 atom stereocenters. The number of nitrogens with one attached hydrogen (secondary N) is 2. The number of carbonyl (C=O) groups excluding carboxylic acids is 1. The van der Waals surface area contributed by atoms with Crippen molar-refractivity contribution in [3.05, 3.63) is 67.6 Å². The number of halogens is 4. The second-order valence-corrected chi connectivity index (χ2v) is 9.10. The summed E-state index contributed by atoms with van der Waals surface area (Å²) < 4.78 is 0. The Balaban J connectivity index is 1.40. The Kier molecular flexibility index (Phi) is 8.52. The van der Waals surface area contributed by atoms with E-state index in [1.54, 1.807) is 18.2 Å². The molecule has 2 N–H and O–H groups in total. The van der Waals surface area contributed by atoms with Gasteiger partial charge in [-0.3, -0.25) is 4.79 Å². The first-order valence-electron chi connectivity index (χ1n) is 9.85. The average Bonchev–Trinajstić information content (AvgIpc) is 2.70. The first kappa shape index (κ1) is 22.7. The van der Waals surface area contributed by atoms with E-state index in [0.29, 0.717) is 44.2 Å². The van der Waals surface area contributed by atoms with Crippen LogP contribution in [0.25, 0.3) is 0 Å². The van der Waals surface area contributed by atoms with E-state index >= 15 is 0 Å². The molecule has 0 bridgehead atoms. The molecule has 1 heterocycles. The predicted molar refractivity (Wildman–Crippen MR) is 123 cm³/mol. The van der Waals surface area contributed by atoms with Crippen LogP contribution in [0.15, 0.2) is 36.4 Å². The van der Waals surface area contributed by atoms with Crippen molar-refractivity contribution in [1.29, 1.82) is 0 Å². The van der Waals surface area contributed by atoms with Gasteiger partial charge in [0.05, 0.1) is 20.6 Å². The van der Waals surface area contributed by atoms with Crippen LogP contribution in [0.1, 0.15) is 54.1 Å². The van der Waals surface area contributed by atoms with Crippen LogP contribution in [-0.4, -0.2) is 19.0 Å². The first-order chi connectivity index (χ1) is 13.9. The largest absolute Gasteiger partial charge is 0.352 e. The third-order valence-electron chi connectivity index (χ3n) is 5.36. The molecule has 0 spiro atoms. The maximum atomic E-state index is 12.2. The van der Waals surface area contributed by atoms with Gasteiger partial charge in [-0.05, 0) is 67.6 Å². The van der Waals surface area contributed by atoms with E-state index in [1.807, 2.05) is 18.2 Å². The second-order valence-electron chi connectivity index (χ2n) is 7.45. The molecule has 0 aromatic heterocycles. The molecule has 2 unspecified atom stereocenters. The molecule has 0 radical (unpaired) electrons. The Labute approximate surface area is 192 Å². The standard InChI is InChI=1S/C22H24Cl4N2O/c23-16-5-6-17(19(25)13-16)22(29)28-9-2-1-3-14-8-10-27-21(11-14)15-4-7-18(24)20(26)12-15/h4-7,12-14,21,27H,1-3,8-11H2,(H,28,29). The van der Waals surface area contributed by atoms with E-state index in [0.717, 1.165) is 32.2 Å². The molecule has 3 nitrogen and oxygen atoms in total. The van der Waals surface area contributed by atoms with Crippen molar-refractivity contribution >= 4 is 52.3 Å². The lowest BCUT2D eigenvalue weighted by Crippen LogP contribution is -2.32. The lowest BCUT2D eigenvalue weighted by Gasteiger charge is -2.31. The molecule has 1 aliphatic heterocycles. The third-order valence-corrected chi connectivity index (χ3v) is 6.65. The van der Waals surface area contributed by atoms with Crippen LogP contribution in [0.5, 0.6) is 0 Å². The summed E-state index contributed by atoms with van der Waals surface area (Å²) in [7, 11) is 0. The molecule has 7 heteroatoms. The summed E-state index contributed by atoms with van der Waals surface area (Å²) >= 11 is 24.1. The maximum Gasteiger partial charge on any atom is 0.252 e. The van der Waals surface area contributed by atoms with Crippen LogP contribution in [0.4, 0.5) is 0 Å². The predicted octanol–water partition coefficient (Wildman–Crippen LogP) is 6.94. The fraction of sp³-hybridized carbons (Fsp3) is 0.409. The van der Waals surface area contributed by atoms with E-state index in [-0.39, 0.29) is 5.91 Å². The fourth-order valence-corrected chi connectivity index (χ4v) is 4.57. The van der Waals surface area contributed by atoms with Crippen molar-refractivity contribution in [3.63, 3.8) is 0 Å². The van der Waals surface area contributed by atoms with Gasteiger partial charge in [0.25, 0.3) is 5.91 Å². The molecule has 156 valence electrons. The molecular weight excluding hydrogens is 450 g/mol. The summed E-state index contributed by atoms with van der Waals surface area (Å²) in [5.74, 6) is 0.505. The zero-order valence-corrected chi connectivity index (χ0v) is 19.0. The van der Waals surface area contributed by atoms with Crippen molar-refractivity contribution in [2.45, 2.75) is 38.1 Å². The number of amides is 1.